The standard InChI is InChI=1S/C19H20ClN3O4S2/c1-4-15(23(29(3,26)27)14-8-5-12(20)6-9-14)18(24)21-13-7-10-16-17(11-13)28-19(25)22(16)2/h5-11,15H,4H2,1-3H3,(H,21,24)/t15-/m0/s1. The second-order valence-corrected chi connectivity index (χ2v) is 9.85. The lowest BCUT2D eigenvalue weighted by Gasteiger charge is -2.30. The number of benzene rings is 2. The Morgan fingerprint density at radius 2 is 1.90 bits per heavy atom. The number of hydrogen-bond acceptors (Lipinski definition) is 5. The number of nitrogens with one attached hydrogen (secondary N) is 1. The molecule has 7 nitrogen and oxygen atoms in total. The van der Waals surface area contributed by atoms with E-state index in [9.17, 15) is 18.0 Å². The second-order valence-electron chi connectivity index (χ2n) is 6.56. The lowest BCUT2D eigenvalue weighted by molar-refractivity contribution is -0.117. The number of amides is 1. The topological polar surface area (TPSA) is 88.5 Å². The van der Waals surface area contributed by atoms with E-state index in [1.165, 1.54) is 4.57 Å². The SMILES string of the molecule is CC[C@@H](C(=O)Nc1ccc2c(c1)sc(=O)n2C)N(c1ccc(Cl)cc1)S(C)(=O)=O. The molecule has 29 heavy (non-hydrogen) atoms. The molecular formula is C19H20ClN3O4S2. The zero-order valence-electron chi connectivity index (χ0n) is 16.0. The number of carbonyl (C=O) groups is 1. The van der Waals surface area contributed by atoms with Crippen molar-refractivity contribution in [2.45, 2.75) is 19.4 Å². The van der Waals surface area contributed by atoms with E-state index in [0.717, 1.165) is 32.1 Å². The summed E-state index contributed by atoms with van der Waals surface area (Å²) >= 11 is 6.98. The molecule has 1 atom stereocenters. The summed E-state index contributed by atoms with van der Waals surface area (Å²) in [5, 5.41) is 3.24. The lowest BCUT2D eigenvalue weighted by atomic mass is 10.1. The number of hydrogen-bond donors (Lipinski definition) is 1. The van der Waals surface area contributed by atoms with E-state index in [0.29, 0.717) is 16.4 Å². The number of sulfonamides is 1. The van der Waals surface area contributed by atoms with E-state index in [1.54, 1.807) is 56.4 Å². The highest BCUT2D eigenvalue weighted by atomic mass is 35.5. The fourth-order valence-electron chi connectivity index (χ4n) is 3.09. The van der Waals surface area contributed by atoms with Gasteiger partial charge in [0, 0.05) is 17.8 Å². The Labute approximate surface area is 177 Å². The van der Waals surface area contributed by atoms with Gasteiger partial charge < -0.3 is 9.88 Å². The number of thiazole rings is 1. The first-order valence-electron chi connectivity index (χ1n) is 8.77. The molecule has 0 aliphatic rings. The van der Waals surface area contributed by atoms with E-state index in [1.807, 2.05) is 0 Å². The van der Waals surface area contributed by atoms with Crippen LogP contribution in [0.5, 0.6) is 0 Å². The summed E-state index contributed by atoms with van der Waals surface area (Å²) in [6.07, 6.45) is 1.33. The van der Waals surface area contributed by atoms with Gasteiger partial charge >= 0.3 is 4.87 Å². The maximum absolute atomic E-state index is 13.0. The van der Waals surface area contributed by atoms with Crippen LogP contribution in [0.25, 0.3) is 10.2 Å². The normalized spacial score (nSPS) is 12.7. The second kappa shape index (κ2) is 8.17. The van der Waals surface area contributed by atoms with E-state index in [4.69, 9.17) is 11.6 Å². The van der Waals surface area contributed by atoms with E-state index >= 15 is 0 Å². The number of halogens is 1. The first-order valence-corrected chi connectivity index (χ1v) is 11.8. The fraction of sp³-hybridized carbons (Fsp3) is 0.263. The molecule has 3 rings (SSSR count). The molecule has 0 fully saturated rings. The molecule has 2 aromatic carbocycles. The highest BCUT2D eigenvalue weighted by molar-refractivity contribution is 7.92. The van der Waals surface area contributed by atoms with Crippen molar-refractivity contribution in [2.24, 2.45) is 7.05 Å². The zero-order valence-corrected chi connectivity index (χ0v) is 18.4. The Balaban J connectivity index is 1.93. The molecule has 0 unspecified atom stereocenters. The minimum Gasteiger partial charge on any atom is -0.324 e. The molecule has 154 valence electrons. The van der Waals surface area contributed by atoms with Crippen molar-refractivity contribution in [3.05, 3.63) is 57.2 Å². The van der Waals surface area contributed by atoms with E-state index in [2.05, 4.69) is 5.32 Å². The maximum atomic E-state index is 13.0. The van der Waals surface area contributed by atoms with Crippen molar-refractivity contribution >= 4 is 60.5 Å². The van der Waals surface area contributed by atoms with Crippen molar-refractivity contribution in [3.63, 3.8) is 0 Å². The van der Waals surface area contributed by atoms with Crippen molar-refractivity contribution in [2.75, 3.05) is 15.9 Å². The Hall–Kier alpha value is -2.36. The molecule has 1 aromatic heterocycles. The van der Waals surface area contributed by atoms with Gasteiger partial charge in [-0.15, -0.1) is 0 Å². The summed E-state index contributed by atoms with van der Waals surface area (Å²) in [5.74, 6) is -0.462. The molecule has 1 N–H and O–H groups in total. The smallest absolute Gasteiger partial charge is 0.307 e. The van der Waals surface area contributed by atoms with Gasteiger partial charge in [-0.3, -0.25) is 13.9 Å². The third kappa shape index (κ3) is 4.47. The molecule has 3 aromatic rings. The molecule has 0 aliphatic carbocycles. The van der Waals surface area contributed by atoms with Gasteiger partial charge in [-0.1, -0.05) is 29.9 Å². The zero-order chi connectivity index (χ0) is 21.3. The summed E-state index contributed by atoms with van der Waals surface area (Å²) in [4.78, 5) is 24.7. The molecule has 0 saturated carbocycles. The first kappa shape index (κ1) is 21.4. The average molecular weight is 454 g/mol. The summed E-state index contributed by atoms with van der Waals surface area (Å²) in [5.41, 5.74) is 1.62. The third-order valence-electron chi connectivity index (χ3n) is 4.47. The van der Waals surface area contributed by atoms with Crippen LogP contribution < -0.4 is 14.5 Å². The molecular weight excluding hydrogens is 434 g/mol. The van der Waals surface area contributed by atoms with Gasteiger partial charge in [-0.25, -0.2) is 8.42 Å². The maximum Gasteiger partial charge on any atom is 0.307 e. The predicted molar refractivity (Wildman–Crippen MR) is 119 cm³/mol. The summed E-state index contributed by atoms with van der Waals surface area (Å²) in [6.45, 7) is 1.74. The number of aromatic nitrogens is 1. The van der Waals surface area contributed by atoms with Crippen LogP contribution in [0.2, 0.25) is 5.02 Å². The number of fused-ring (bicyclic) bond motifs is 1. The number of nitrogens with zero attached hydrogens (tertiary/aromatic N) is 2. The van der Waals surface area contributed by atoms with Gasteiger partial charge in [0.2, 0.25) is 15.9 Å². The highest BCUT2D eigenvalue weighted by Crippen LogP contribution is 2.26. The Morgan fingerprint density at radius 1 is 1.24 bits per heavy atom. The van der Waals surface area contributed by atoms with Crippen LogP contribution >= 0.6 is 22.9 Å². The molecule has 0 radical (unpaired) electrons. The van der Waals surface area contributed by atoms with Crippen LogP contribution in [0.1, 0.15) is 13.3 Å². The third-order valence-corrected chi connectivity index (χ3v) is 6.90. The summed E-state index contributed by atoms with van der Waals surface area (Å²) in [7, 11) is -2.05. The summed E-state index contributed by atoms with van der Waals surface area (Å²) in [6, 6.07) is 10.5. The average Bonchev–Trinajstić information content (AvgIpc) is 2.93. The van der Waals surface area contributed by atoms with Crippen LogP contribution in [0.15, 0.2) is 47.3 Å². The van der Waals surface area contributed by atoms with E-state index < -0.39 is 22.0 Å². The highest BCUT2D eigenvalue weighted by Gasteiger charge is 2.31. The van der Waals surface area contributed by atoms with E-state index in [-0.39, 0.29) is 11.3 Å². The van der Waals surface area contributed by atoms with Gasteiger partial charge in [0.25, 0.3) is 0 Å². The number of aryl methyl sites for hydroxylation is 1. The molecule has 1 amide bonds. The van der Waals surface area contributed by atoms with Crippen LogP contribution in [-0.2, 0) is 21.9 Å². The Kier molecular flexibility index (Phi) is 6.02. The van der Waals surface area contributed by atoms with Gasteiger partial charge in [-0.2, -0.15) is 0 Å². The predicted octanol–water partition coefficient (Wildman–Crippen LogP) is 3.44. The minimum absolute atomic E-state index is 0.0964. The Bertz CT molecular complexity index is 1220. The molecule has 0 saturated heterocycles. The quantitative estimate of drug-likeness (QED) is 0.619. The van der Waals surface area contributed by atoms with Crippen molar-refractivity contribution in [1.82, 2.24) is 4.57 Å². The molecule has 0 aliphatic heterocycles. The van der Waals surface area contributed by atoms with Crippen LogP contribution in [0.3, 0.4) is 0 Å². The monoisotopic (exact) mass is 453 g/mol. The molecule has 0 bridgehead atoms. The van der Waals surface area contributed by atoms with Crippen LogP contribution in [0.4, 0.5) is 11.4 Å². The van der Waals surface area contributed by atoms with Gasteiger partial charge in [-0.05, 0) is 48.9 Å². The first-order chi connectivity index (χ1) is 13.6. The number of anilines is 2. The lowest BCUT2D eigenvalue weighted by Crippen LogP contribution is -2.46. The number of carbonyl (C=O) groups excluding carboxylic acids is 1. The van der Waals surface area contributed by atoms with Crippen molar-refractivity contribution in [1.29, 1.82) is 0 Å². The minimum atomic E-state index is -3.73. The largest absolute Gasteiger partial charge is 0.324 e. The molecule has 1 heterocycles. The van der Waals surface area contributed by atoms with Crippen LogP contribution in [0, 0.1) is 0 Å². The Morgan fingerprint density at radius 3 is 2.48 bits per heavy atom. The van der Waals surface area contributed by atoms with Gasteiger partial charge in [0.05, 0.1) is 22.2 Å². The van der Waals surface area contributed by atoms with Gasteiger partial charge in [0.1, 0.15) is 6.04 Å². The molecule has 0 spiro atoms. The van der Waals surface area contributed by atoms with Crippen LogP contribution in [-0.4, -0.2) is 31.2 Å². The van der Waals surface area contributed by atoms with Crippen molar-refractivity contribution in [3.8, 4) is 0 Å². The van der Waals surface area contributed by atoms with Gasteiger partial charge in [0.15, 0.2) is 0 Å². The van der Waals surface area contributed by atoms with Crippen molar-refractivity contribution < 1.29 is 13.2 Å². The number of rotatable bonds is 6. The fourth-order valence-corrected chi connectivity index (χ4v) is 5.34. The molecule has 10 heteroatoms. The summed E-state index contributed by atoms with van der Waals surface area (Å²) < 4.78 is 28.3.